The van der Waals surface area contributed by atoms with E-state index >= 15 is 0 Å². The van der Waals surface area contributed by atoms with Gasteiger partial charge in [0.2, 0.25) is 0 Å². The second-order valence-electron chi connectivity index (χ2n) is 3.49. The van der Waals surface area contributed by atoms with Crippen LogP contribution in [0.4, 0.5) is 0 Å². The van der Waals surface area contributed by atoms with Crippen molar-refractivity contribution < 1.29 is 8.42 Å². The van der Waals surface area contributed by atoms with Crippen LogP contribution in [0.25, 0.3) is 0 Å². The van der Waals surface area contributed by atoms with Crippen LogP contribution < -0.4 is 5.73 Å². The summed E-state index contributed by atoms with van der Waals surface area (Å²) in [4.78, 5) is 1.36. The molecule has 0 aliphatic rings. The summed E-state index contributed by atoms with van der Waals surface area (Å²) in [6, 6.07) is 6.82. The third-order valence-electron chi connectivity index (χ3n) is 1.98. The molecule has 5 heteroatoms. The third-order valence-corrected chi connectivity index (χ3v) is 4.27. The molecule has 1 aromatic carbocycles. The van der Waals surface area contributed by atoms with Gasteiger partial charge in [0.05, 0.1) is 4.90 Å². The first-order chi connectivity index (χ1) is 7.43. The number of benzene rings is 1. The molecular weight excluding hydrogens is 242 g/mol. The van der Waals surface area contributed by atoms with Gasteiger partial charge in [-0.3, -0.25) is 0 Å². The fraction of sp³-hybridized carbons (Fsp3) is 0.273. The first-order valence-corrected chi connectivity index (χ1v) is 7.61. The summed E-state index contributed by atoms with van der Waals surface area (Å²) in [5.74, 6) is 0.759. The molecule has 0 saturated carbocycles. The molecule has 1 aromatic rings. The van der Waals surface area contributed by atoms with Crippen molar-refractivity contribution >= 4 is 21.6 Å². The Kier molecular flexibility index (Phi) is 4.58. The Morgan fingerprint density at radius 2 is 1.94 bits per heavy atom. The highest BCUT2D eigenvalue weighted by Gasteiger charge is 2.06. The maximum absolute atomic E-state index is 11.2. The lowest BCUT2D eigenvalue weighted by atomic mass is 10.4. The third kappa shape index (κ3) is 4.00. The van der Waals surface area contributed by atoms with Gasteiger partial charge in [-0.2, -0.15) is 0 Å². The molecular formula is C11H15NO2S2. The average Bonchev–Trinajstić information content (AvgIpc) is 2.25. The highest BCUT2D eigenvalue weighted by molar-refractivity contribution is 7.99. The Labute approximate surface area is 101 Å². The van der Waals surface area contributed by atoms with E-state index in [4.69, 9.17) is 5.73 Å². The SMILES string of the molecule is C=C(CN)CSc1ccc(S(C)(=O)=O)cc1. The molecule has 0 aromatic heterocycles. The zero-order valence-corrected chi connectivity index (χ0v) is 10.8. The molecule has 0 spiro atoms. The number of rotatable bonds is 5. The minimum atomic E-state index is -3.10. The summed E-state index contributed by atoms with van der Waals surface area (Å²) < 4.78 is 22.4. The maximum atomic E-state index is 11.2. The quantitative estimate of drug-likeness (QED) is 0.644. The summed E-state index contributed by atoms with van der Waals surface area (Å²) in [5, 5.41) is 0. The van der Waals surface area contributed by atoms with Crippen molar-refractivity contribution in [3.8, 4) is 0 Å². The Balaban J connectivity index is 2.69. The second-order valence-corrected chi connectivity index (χ2v) is 6.55. The minimum absolute atomic E-state index is 0.342. The van der Waals surface area contributed by atoms with E-state index < -0.39 is 9.84 Å². The predicted octanol–water partition coefficient (Wildman–Crippen LogP) is 1.70. The van der Waals surface area contributed by atoms with Crippen molar-refractivity contribution in [1.29, 1.82) is 0 Å². The van der Waals surface area contributed by atoms with Crippen molar-refractivity contribution in [2.45, 2.75) is 9.79 Å². The van der Waals surface area contributed by atoms with Gasteiger partial charge >= 0.3 is 0 Å². The van der Waals surface area contributed by atoms with E-state index in [1.165, 1.54) is 6.26 Å². The van der Waals surface area contributed by atoms with Gasteiger partial charge in [0.1, 0.15) is 0 Å². The van der Waals surface area contributed by atoms with Crippen molar-refractivity contribution in [2.75, 3.05) is 18.6 Å². The van der Waals surface area contributed by atoms with Crippen LogP contribution in [-0.2, 0) is 9.84 Å². The fourth-order valence-electron chi connectivity index (χ4n) is 1.03. The summed E-state index contributed by atoms with van der Waals surface area (Å²) in [6.07, 6.45) is 1.20. The van der Waals surface area contributed by atoms with Gasteiger partial charge in [-0.05, 0) is 24.3 Å². The molecule has 0 heterocycles. The molecule has 1 rings (SSSR count). The monoisotopic (exact) mass is 257 g/mol. The van der Waals surface area contributed by atoms with Crippen molar-refractivity contribution in [3.63, 3.8) is 0 Å². The molecule has 88 valence electrons. The smallest absolute Gasteiger partial charge is 0.175 e. The van der Waals surface area contributed by atoms with Crippen LogP contribution in [0.1, 0.15) is 0 Å². The molecule has 0 saturated heterocycles. The molecule has 0 radical (unpaired) electrons. The second kappa shape index (κ2) is 5.52. The largest absolute Gasteiger partial charge is 0.327 e. The lowest BCUT2D eigenvalue weighted by Crippen LogP contribution is -2.03. The zero-order chi connectivity index (χ0) is 12.2. The van der Waals surface area contributed by atoms with Gasteiger partial charge in [-0.1, -0.05) is 12.2 Å². The van der Waals surface area contributed by atoms with Gasteiger partial charge in [0.15, 0.2) is 9.84 Å². The fourth-order valence-corrected chi connectivity index (χ4v) is 2.48. The van der Waals surface area contributed by atoms with Crippen LogP contribution in [0.5, 0.6) is 0 Å². The standard InChI is InChI=1S/C11H15NO2S2/c1-9(7-12)8-15-10-3-5-11(6-4-10)16(2,13)14/h3-6H,1,7-8,12H2,2H3. The first-order valence-electron chi connectivity index (χ1n) is 4.73. The Bertz CT molecular complexity index is 463. The highest BCUT2D eigenvalue weighted by Crippen LogP contribution is 2.21. The molecule has 0 aliphatic heterocycles. The number of sulfone groups is 1. The number of nitrogens with two attached hydrogens (primary N) is 1. The van der Waals surface area contributed by atoms with Crippen molar-refractivity contribution in [1.82, 2.24) is 0 Å². The van der Waals surface area contributed by atoms with Crippen molar-refractivity contribution in [3.05, 3.63) is 36.4 Å². The normalized spacial score (nSPS) is 11.4. The Morgan fingerprint density at radius 1 is 1.38 bits per heavy atom. The Morgan fingerprint density at radius 3 is 2.38 bits per heavy atom. The van der Waals surface area contributed by atoms with Crippen molar-refractivity contribution in [2.24, 2.45) is 5.73 Å². The highest BCUT2D eigenvalue weighted by atomic mass is 32.2. The van der Waals surface area contributed by atoms with Gasteiger partial charge in [-0.15, -0.1) is 11.8 Å². The first kappa shape index (κ1) is 13.3. The molecule has 16 heavy (non-hydrogen) atoms. The molecule has 3 nitrogen and oxygen atoms in total. The topological polar surface area (TPSA) is 60.2 Å². The molecule has 0 amide bonds. The van der Waals surface area contributed by atoms with E-state index in [0.717, 1.165) is 16.2 Å². The average molecular weight is 257 g/mol. The van der Waals surface area contributed by atoms with Crippen LogP contribution in [0, 0.1) is 0 Å². The van der Waals surface area contributed by atoms with E-state index in [1.807, 2.05) is 0 Å². The maximum Gasteiger partial charge on any atom is 0.175 e. The van der Waals surface area contributed by atoms with E-state index in [0.29, 0.717) is 11.4 Å². The number of hydrogen-bond donors (Lipinski definition) is 1. The molecule has 0 fully saturated rings. The van der Waals surface area contributed by atoms with E-state index in [-0.39, 0.29) is 0 Å². The predicted molar refractivity (Wildman–Crippen MR) is 68.5 cm³/mol. The summed E-state index contributed by atoms with van der Waals surface area (Å²) >= 11 is 1.60. The molecule has 0 unspecified atom stereocenters. The summed E-state index contributed by atoms with van der Waals surface area (Å²) in [5.41, 5.74) is 6.39. The Hall–Kier alpha value is -0.780. The summed E-state index contributed by atoms with van der Waals surface area (Å²) in [7, 11) is -3.10. The molecule has 0 bridgehead atoms. The van der Waals surface area contributed by atoms with Crippen LogP contribution in [0.2, 0.25) is 0 Å². The van der Waals surface area contributed by atoms with Crippen LogP contribution in [0.15, 0.2) is 46.2 Å². The van der Waals surface area contributed by atoms with Gasteiger partial charge in [-0.25, -0.2) is 8.42 Å². The molecule has 0 aliphatic carbocycles. The molecule has 2 N–H and O–H groups in total. The molecule has 0 atom stereocenters. The summed E-state index contributed by atoms with van der Waals surface area (Å²) in [6.45, 7) is 4.28. The minimum Gasteiger partial charge on any atom is -0.327 e. The van der Waals surface area contributed by atoms with Gasteiger partial charge in [0.25, 0.3) is 0 Å². The zero-order valence-electron chi connectivity index (χ0n) is 9.14. The van der Waals surface area contributed by atoms with Gasteiger partial charge in [0, 0.05) is 23.4 Å². The number of hydrogen-bond acceptors (Lipinski definition) is 4. The van der Waals surface area contributed by atoms with E-state index in [9.17, 15) is 8.42 Å². The lowest BCUT2D eigenvalue weighted by molar-refractivity contribution is 0.602. The van der Waals surface area contributed by atoms with Crippen LogP contribution >= 0.6 is 11.8 Å². The lowest BCUT2D eigenvalue weighted by Gasteiger charge is -2.04. The van der Waals surface area contributed by atoms with Crippen LogP contribution in [0.3, 0.4) is 0 Å². The van der Waals surface area contributed by atoms with E-state index in [2.05, 4.69) is 6.58 Å². The number of thioether (sulfide) groups is 1. The van der Waals surface area contributed by atoms with Gasteiger partial charge < -0.3 is 5.73 Å². The van der Waals surface area contributed by atoms with Crippen LogP contribution in [-0.4, -0.2) is 27.0 Å². The van der Waals surface area contributed by atoms with E-state index in [1.54, 1.807) is 36.0 Å².